The molecule has 0 fully saturated rings. The van der Waals surface area contributed by atoms with Crippen LogP contribution in [0.1, 0.15) is 5.56 Å². The van der Waals surface area contributed by atoms with Crippen LogP contribution in [0, 0.1) is 11.3 Å². The summed E-state index contributed by atoms with van der Waals surface area (Å²) in [4.78, 5) is 0. The third-order valence-corrected chi connectivity index (χ3v) is 2.59. The van der Waals surface area contributed by atoms with E-state index in [0.29, 0.717) is 27.1 Å². The standard InChI is InChI=1S/C13H7Cl2NO/c14-10-1-4-12(5-2-10)17-13-6-3-11(15)7-9(13)8-16/h1-7H. The van der Waals surface area contributed by atoms with Crippen LogP contribution in [0.4, 0.5) is 0 Å². The summed E-state index contributed by atoms with van der Waals surface area (Å²) < 4.78 is 5.57. The van der Waals surface area contributed by atoms with Gasteiger partial charge in [0.1, 0.15) is 17.6 Å². The van der Waals surface area contributed by atoms with E-state index < -0.39 is 0 Å². The van der Waals surface area contributed by atoms with Crippen LogP contribution in [0.15, 0.2) is 42.5 Å². The third kappa shape index (κ3) is 2.91. The van der Waals surface area contributed by atoms with E-state index in [0.717, 1.165) is 0 Å². The Labute approximate surface area is 109 Å². The zero-order valence-electron chi connectivity index (χ0n) is 8.65. The molecule has 4 heteroatoms. The van der Waals surface area contributed by atoms with Crippen LogP contribution in [0.25, 0.3) is 0 Å². The summed E-state index contributed by atoms with van der Waals surface area (Å²) in [5.41, 5.74) is 0.396. The maximum absolute atomic E-state index is 8.96. The molecule has 0 saturated carbocycles. The summed E-state index contributed by atoms with van der Waals surface area (Å²) in [7, 11) is 0. The number of ether oxygens (including phenoxy) is 1. The van der Waals surface area contributed by atoms with Crippen LogP contribution >= 0.6 is 23.2 Å². The molecule has 2 nitrogen and oxygen atoms in total. The average molecular weight is 264 g/mol. The Morgan fingerprint density at radius 1 is 0.941 bits per heavy atom. The highest BCUT2D eigenvalue weighted by atomic mass is 35.5. The van der Waals surface area contributed by atoms with Gasteiger partial charge < -0.3 is 4.74 Å². The average Bonchev–Trinajstić information content (AvgIpc) is 2.34. The Morgan fingerprint density at radius 2 is 1.59 bits per heavy atom. The number of benzene rings is 2. The van der Waals surface area contributed by atoms with E-state index in [2.05, 4.69) is 0 Å². The predicted molar refractivity (Wildman–Crippen MR) is 67.7 cm³/mol. The predicted octanol–water partition coefficient (Wildman–Crippen LogP) is 4.66. The number of nitrogens with zero attached hydrogens (tertiary/aromatic N) is 1. The Morgan fingerprint density at radius 3 is 2.24 bits per heavy atom. The van der Waals surface area contributed by atoms with Crippen molar-refractivity contribution >= 4 is 23.2 Å². The molecule has 0 aliphatic carbocycles. The first kappa shape index (κ1) is 11.8. The molecule has 2 aromatic rings. The van der Waals surface area contributed by atoms with Crippen molar-refractivity contribution in [1.82, 2.24) is 0 Å². The van der Waals surface area contributed by atoms with Gasteiger partial charge in [-0.1, -0.05) is 23.2 Å². The van der Waals surface area contributed by atoms with E-state index in [1.54, 1.807) is 42.5 Å². The van der Waals surface area contributed by atoms with Gasteiger partial charge in [-0.3, -0.25) is 0 Å². The van der Waals surface area contributed by atoms with Gasteiger partial charge in [0.2, 0.25) is 0 Å². The lowest BCUT2D eigenvalue weighted by atomic mass is 10.2. The highest BCUT2D eigenvalue weighted by Gasteiger charge is 2.05. The molecule has 0 bridgehead atoms. The number of halogens is 2. The van der Waals surface area contributed by atoms with Crippen molar-refractivity contribution in [2.45, 2.75) is 0 Å². The zero-order chi connectivity index (χ0) is 12.3. The molecule has 84 valence electrons. The fourth-order valence-electron chi connectivity index (χ4n) is 1.31. The van der Waals surface area contributed by atoms with Gasteiger partial charge in [-0.2, -0.15) is 5.26 Å². The monoisotopic (exact) mass is 263 g/mol. The maximum atomic E-state index is 8.96. The molecule has 0 aromatic heterocycles. The molecular formula is C13H7Cl2NO. The molecular weight excluding hydrogens is 257 g/mol. The number of nitriles is 1. The molecule has 0 spiro atoms. The smallest absolute Gasteiger partial charge is 0.145 e. The fourth-order valence-corrected chi connectivity index (χ4v) is 1.61. The van der Waals surface area contributed by atoms with Gasteiger partial charge >= 0.3 is 0 Å². The van der Waals surface area contributed by atoms with Crippen molar-refractivity contribution in [1.29, 1.82) is 5.26 Å². The summed E-state index contributed by atoms with van der Waals surface area (Å²) in [5, 5.41) is 10.1. The van der Waals surface area contributed by atoms with Gasteiger partial charge in [0, 0.05) is 10.0 Å². The number of rotatable bonds is 2. The van der Waals surface area contributed by atoms with Gasteiger partial charge in [0.25, 0.3) is 0 Å². The van der Waals surface area contributed by atoms with Crippen LogP contribution in [0.2, 0.25) is 10.0 Å². The van der Waals surface area contributed by atoms with E-state index in [1.165, 1.54) is 0 Å². The van der Waals surface area contributed by atoms with Crippen LogP contribution in [0.5, 0.6) is 11.5 Å². The Kier molecular flexibility index (Phi) is 3.53. The summed E-state index contributed by atoms with van der Waals surface area (Å²) in [6, 6.07) is 13.8. The van der Waals surface area contributed by atoms with E-state index >= 15 is 0 Å². The first-order chi connectivity index (χ1) is 8.19. The minimum absolute atomic E-state index is 0.396. The molecule has 0 aliphatic heterocycles. The highest BCUT2D eigenvalue weighted by molar-refractivity contribution is 6.31. The normalized spacial score (nSPS) is 9.71. The summed E-state index contributed by atoms with van der Waals surface area (Å²) in [6.45, 7) is 0. The van der Waals surface area contributed by atoms with Crippen molar-refractivity contribution in [2.24, 2.45) is 0 Å². The second-order valence-electron chi connectivity index (χ2n) is 3.31. The van der Waals surface area contributed by atoms with Crippen LogP contribution < -0.4 is 4.74 Å². The molecule has 0 atom stereocenters. The lowest BCUT2D eigenvalue weighted by Crippen LogP contribution is -1.87. The van der Waals surface area contributed by atoms with Crippen molar-refractivity contribution < 1.29 is 4.74 Å². The largest absolute Gasteiger partial charge is 0.456 e. The van der Waals surface area contributed by atoms with Gasteiger partial charge in [-0.15, -0.1) is 0 Å². The van der Waals surface area contributed by atoms with Gasteiger partial charge in [0.05, 0.1) is 5.56 Å². The minimum atomic E-state index is 0.396. The van der Waals surface area contributed by atoms with Gasteiger partial charge in [-0.25, -0.2) is 0 Å². The molecule has 0 N–H and O–H groups in total. The zero-order valence-corrected chi connectivity index (χ0v) is 10.2. The molecule has 2 rings (SSSR count). The van der Waals surface area contributed by atoms with Gasteiger partial charge in [-0.05, 0) is 42.5 Å². The Hall–Kier alpha value is -1.69. The molecule has 17 heavy (non-hydrogen) atoms. The lowest BCUT2D eigenvalue weighted by molar-refractivity contribution is 0.481. The Balaban J connectivity index is 2.30. The van der Waals surface area contributed by atoms with Crippen molar-refractivity contribution in [2.75, 3.05) is 0 Å². The van der Waals surface area contributed by atoms with Gasteiger partial charge in [0.15, 0.2) is 0 Å². The van der Waals surface area contributed by atoms with Crippen LogP contribution in [-0.4, -0.2) is 0 Å². The summed E-state index contributed by atoms with van der Waals surface area (Å²) in [6.07, 6.45) is 0. The number of hydrogen-bond donors (Lipinski definition) is 0. The van der Waals surface area contributed by atoms with Crippen LogP contribution in [-0.2, 0) is 0 Å². The number of hydrogen-bond acceptors (Lipinski definition) is 2. The quantitative estimate of drug-likeness (QED) is 0.790. The first-order valence-corrected chi connectivity index (χ1v) is 5.58. The van der Waals surface area contributed by atoms with E-state index in [9.17, 15) is 0 Å². The highest BCUT2D eigenvalue weighted by Crippen LogP contribution is 2.28. The molecule has 2 aromatic carbocycles. The topological polar surface area (TPSA) is 33.0 Å². The van der Waals surface area contributed by atoms with E-state index in [4.69, 9.17) is 33.2 Å². The van der Waals surface area contributed by atoms with Crippen molar-refractivity contribution in [3.63, 3.8) is 0 Å². The van der Waals surface area contributed by atoms with Crippen molar-refractivity contribution in [3.8, 4) is 17.6 Å². The second-order valence-corrected chi connectivity index (χ2v) is 4.18. The fraction of sp³-hybridized carbons (Fsp3) is 0. The Bertz CT molecular complexity index is 573. The lowest BCUT2D eigenvalue weighted by Gasteiger charge is -2.07. The SMILES string of the molecule is N#Cc1cc(Cl)ccc1Oc1ccc(Cl)cc1. The third-order valence-electron chi connectivity index (χ3n) is 2.10. The van der Waals surface area contributed by atoms with E-state index in [1.807, 2.05) is 6.07 Å². The molecule has 0 heterocycles. The first-order valence-electron chi connectivity index (χ1n) is 4.82. The maximum Gasteiger partial charge on any atom is 0.145 e. The molecule has 0 amide bonds. The minimum Gasteiger partial charge on any atom is -0.456 e. The molecule has 0 radical (unpaired) electrons. The molecule has 0 saturated heterocycles. The van der Waals surface area contributed by atoms with E-state index in [-0.39, 0.29) is 0 Å². The van der Waals surface area contributed by atoms with Crippen molar-refractivity contribution in [3.05, 3.63) is 58.1 Å². The van der Waals surface area contributed by atoms with Crippen LogP contribution in [0.3, 0.4) is 0 Å². The summed E-state index contributed by atoms with van der Waals surface area (Å²) >= 11 is 11.6. The molecule has 0 unspecified atom stereocenters. The summed E-state index contributed by atoms with van der Waals surface area (Å²) in [5.74, 6) is 1.09. The molecule has 0 aliphatic rings. The second kappa shape index (κ2) is 5.09.